The smallest absolute Gasteiger partial charge is 0.127 e. The highest BCUT2D eigenvalue weighted by atomic mass is 35.5. The number of allylic oxidation sites excluding steroid dienone is 2. The van der Waals surface area contributed by atoms with Crippen LogP contribution in [0.5, 0.6) is 5.75 Å². The van der Waals surface area contributed by atoms with E-state index in [4.69, 9.17) is 16.3 Å². The molecule has 0 spiro atoms. The predicted molar refractivity (Wildman–Crippen MR) is 107 cm³/mol. The Morgan fingerprint density at radius 1 is 0.680 bits per heavy atom. The van der Waals surface area contributed by atoms with Crippen LogP contribution in [0.25, 0.3) is 12.2 Å². The zero-order chi connectivity index (χ0) is 17.3. The van der Waals surface area contributed by atoms with Crippen molar-refractivity contribution in [1.29, 1.82) is 0 Å². The van der Waals surface area contributed by atoms with Crippen LogP contribution in [-0.2, 0) is 6.61 Å². The van der Waals surface area contributed by atoms with Gasteiger partial charge in [0.15, 0.2) is 0 Å². The molecule has 0 saturated carbocycles. The highest BCUT2D eigenvalue weighted by Crippen LogP contribution is 2.21. The SMILES string of the molecule is Clc1ccccc1C=CC=Cc1ccccc1OCc1ccccc1. The van der Waals surface area contributed by atoms with Crippen LogP contribution in [0.1, 0.15) is 16.7 Å². The summed E-state index contributed by atoms with van der Waals surface area (Å²) >= 11 is 6.15. The van der Waals surface area contributed by atoms with Crippen molar-refractivity contribution in [3.05, 3.63) is 113 Å². The predicted octanol–water partition coefficient (Wildman–Crippen LogP) is 6.65. The van der Waals surface area contributed by atoms with Gasteiger partial charge in [-0.15, -0.1) is 0 Å². The van der Waals surface area contributed by atoms with E-state index in [2.05, 4.69) is 12.1 Å². The molecule has 0 aliphatic heterocycles. The third kappa shape index (κ3) is 5.10. The van der Waals surface area contributed by atoms with Gasteiger partial charge in [-0.25, -0.2) is 0 Å². The van der Waals surface area contributed by atoms with Gasteiger partial charge in [0, 0.05) is 10.6 Å². The van der Waals surface area contributed by atoms with E-state index in [-0.39, 0.29) is 0 Å². The summed E-state index contributed by atoms with van der Waals surface area (Å²) in [6.45, 7) is 0.557. The van der Waals surface area contributed by atoms with E-state index in [0.717, 1.165) is 27.5 Å². The summed E-state index contributed by atoms with van der Waals surface area (Å²) < 4.78 is 5.96. The van der Waals surface area contributed by atoms with Crippen molar-refractivity contribution in [3.63, 3.8) is 0 Å². The first-order valence-corrected chi connectivity index (χ1v) is 8.56. The van der Waals surface area contributed by atoms with Gasteiger partial charge in [-0.2, -0.15) is 0 Å². The van der Waals surface area contributed by atoms with Crippen molar-refractivity contribution < 1.29 is 4.74 Å². The summed E-state index contributed by atoms with van der Waals surface area (Å²) in [4.78, 5) is 0. The lowest BCUT2D eigenvalue weighted by molar-refractivity contribution is 0.305. The summed E-state index contributed by atoms with van der Waals surface area (Å²) in [5, 5.41) is 0.749. The van der Waals surface area contributed by atoms with E-state index >= 15 is 0 Å². The van der Waals surface area contributed by atoms with Crippen LogP contribution < -0.4 is 4.74 Å². The number of halogens is 1. The average molecular weight is 347 g/mol. The minimum absolute atomic E-state index is 0.557. The molecule has 0 aliphatic carbocycles. The number of rotatable bonds is 6. The monoisotopic (exact) mass is 346 g/mol. The van der Waals surface area contributed by atoms with Gasteiger partial charge in [-0.1, -0.05) is 103 Å². The van der Waals surface area contributed by atoms with E-state index in [9.17, 15) is 0 Å². The second kappa shape index (κ2) is 8.91. The maximum atomic E-state index is 6.15. The molecule has 2 heteroatoms. The molecule has 3 aromatic rings. The first kappa shape index (κ1) is 17.1. The fourth-order valence-electron chi connectivity index (χ4n) is 2.41. The molecule has 124 valence electrons. The molecule has 0 bridgehead atoms. The van der Waals surface area contributed by atoms with Gasteiger partial charge in [0.05, 0.1) is 0 Å². The molecule has 0 N–H and O–H groups in total. The van der Waals surface area contributed by atoms with Crippen molar-refractivity contribution in [2.75, 3.05) is 0 Å². The van der Waals surface area contributed by atoms with Gasteiger partial charge in [-0.05, 0) is 23.3 Å². The second-order valence-corrected chi connectivity index (χ2v) is 5.96. The number of benzene rings is 3. The zero-order valence-electron chi connectivity index (χ0n) is 13.8. The van der Waals surface area contributed by atoms with Crippen LogP contribution in [0.2, 0.25) is 5.02 Å². The van der Waals surface area contributed by atoms with E-state index in [0.29, 0.717) is 6.61 Å². The zero-order valence-corrected chi connectivity index (χ0v) is 14.6. The molecule has 3 rings (SSSR count). The van der Waals surface area contributed by atoms with Crippen LogP contribution >= 0.6 is 11.6 Å². The third-order valence-electron chi connectivity index (χ3n) is 3.72. The first-order valence-electron chi connectivity index (χ1n) is 8.18. The number of para-hydroxylation sites is 1. The van der Waals surface area contributed by atoms with Crippen molar-refractivity contribution in [1.82, 2.24) is 0 Å². The normalized spacial score (nSPS) is 11.2. The fourth-order valence-corrected chi connectivity index (χ4v) is 2.61. The molecule has 0 unspecified atom stereocenters. The minimum atomic E-state index is 0.557. The molecule has 0 radical (unpaired) electrons. The lowest BCUT2D eigenvalue weighted by Crippen LogP contribution is -1.96. The summed E-state index contributed by atoms with van der Waals surface area (Å²) in [6.07, 6.45) is 8.00. The topological polar surface area (TPSA) is 9.23 Å². The molecular formula is C23H19ClO. The molecule has 0 aliphatic rings. The molecule has 25 heavy (non-hydrogen) atoms. The van der Waals surface area contributed by atoms with E-state index in [1.807, 2.05) is 91.0 Å². The first-order chi connectivity index (χ1) is 12.3. The highest BCUT2D eigenvalue weighted by Gasteiger charge is 2.00. The standard InChI is InChI=1S/C23H19ClO/c24-22-16-8-6-13-20(22)12-4-5-14-21-15-7-9-17-23(21)25-18-19-10-2-1-3-11-19/h1-17H,18H2. The highest BCUT2D eigenvalue weighted by molar-refractivity contribution is 6.32. The van der Waals surface area contributed by atoms with Crippen molar-refractivity contribution in [3.8, 4) is 5.75 Å². The molecular weight excluding hydrogens is 328 g/mol. The van der Waals surface area contributed by atoms with Crippen molar-refractivity contribution in [2.45, 2.75) is 6.61 Å². The Labute approximate surface area is 153 Å². The van der Waals surface area contributed by atoms with Gasteiger partial charge in [-0.3, -0.25) is 0 Å². The second-order valence-electron chi connectivity index (χ2n) is 5.55. The lowest BCUT2D eigenvalue weighted by Gasteiger charge is -2.09. The molecule has 0 saturated heterocycles. The van der Waals surface area contributed by atoms with Crippen molar-refractivity contribution in [2.24, 2.45) is 0 Å². The third-order valence-corrected chi connectivity index (χ3v) is 4.07. The Morgan fingerprint density at radius 2 is 1.28 bits per heavy atom. The Hall–Kier alpha value is -2.77. The van der Waals surface area contributed by atoms with Gasteiger partial charge in [0.2, 0.25) is 0 Å². The van der Waals surface area contributed by atoms with E-state index < -0.39 is 0 Å². The van der Waals surface area contributed by atoms with Crippen LogP contribution in [0, 0.1) is 0 Å². The molecule has 3 aromatic carbocycles. The lowest BCUT2D eigenvalue weighted by atomic mass is 10.1. The Morgan fingerprint density at radius 3 is 2.04 bits per heavy atom. The van der Waals surface area contributed by atoms with Gasteiger partial charge < -0.3 is 4.74 Å². The summed E-state index contributed by atoms with van der Waals surface area (Å²) in [6, 6.07) is 26.0. The molecule has 0 fully saturated rings. The number of hydrogen-bond acceptors (Lipinski definition) is 1. The quantitative estimate of drug-likeness (QED) is 0.454. The maximum Gasteiger partial charge on any atom is 0.127 e. The molecule has 0 atom stereocenters. The van der Waals surface area contributed by atoms with Gasteiger partial charge in [0.1, 0.15) is 12.4 Å². The van der Waals surface area contributed by atoms with Gasteiger partial charge >= 0.3 is 0 Å². The average Bonchev–Trinajstić information content (AvgIpc) is 2.66. The number of ether oxygens (including phenoxy) is 1. The molecule has 1 nitrogen and oxygen atoms in total. The number of hydrogen-bond donors (Lipinski definition) is 0. The van der Waals surface area contributed by atoms with Crippen LogP contribution in [-0.4, -0.2) is 0 Å². The van der Waals surface area contributed by atoms with Crippen LogP contribution in [0.3, 0.4) is 0 Å². The van der Waals surface area contributed by atoms with E-state index in [1.54, 1.807) is 0 Å². The minimum Gasteiger partial charge on any atom is -0.488 e. The molecule has 0 heterocycles. The Bertz CT molecular complexity index is 866. The summed E-state index contributed by atoms with van der Waals surface area (Å²) in [7, 11) is 0. The fraction of sp³-hybridized carbons (Fsp3) is 0.0435. The molecule has 0 amide bonds. The largest absolute Gasteiger partial charge is 0.488 e. The Balaban J connectivity index is 1.67. The van der Waals surface area contributed by atoms with Crippen LogP contribution in [0.15, 0.2) is 91.0 Å². The van der Waals surface area contributed by atoms with Crippen LogP contribution in [0.4, 0.5) is 0 Å². The molecule has 0 aromatic heterocycles. The van der Waals surface area contributed by atoms with Gasteiger partial charge in [0.25, 0.3) is 0 Å². The maximum absolute atomic E-state index is 6.15. The summed E-state index contributed by atoms with van der Waals surface area (Å²) in [5.74, 6) is 0.869. The Kier molecular flexibility index (Phi) is 6.08. The van der Waals surface area contributed by atoms with Crippen molar-refractivity contribution >= 4 is 23.8 Å². The van der Waals surface area contributed by atoms with E-state index in [1.165, 1.54) is 0 Å². The summed E-state index contributed by atoms with van der Waals surface area (Å²) in [5.41, 5.74) is 3.20.